The standard InChI is InChI=1S/C10H11NO2.ClH/c12-10(13)8-3-1-5-9-7(8)4-2-6-11-9;/h2,4,6,8H,1,3,5H2,(H,12,13);1H. The number of pyridine rings is 1. The van der Waals surface area contributed by atoms with Gasteiger partial charge in [0.1, 0.15) is 0 Å². The zero-order valence-electron chi connectivity index (χ0n) is 7.64. The van der Waals surface area contributed by atoms with Crippen molar-refractivity contribution in [2.24, 2.45) is 0 Å². The monoisotopic (exact) mass is 213 g/mol. The molecule has 3 nitrogen and oxygen atoms in total. The smallest absolute Gasteiger partial charge is 0.311 e. The molecule has 0 fully saturated rings. The molecule has 0 bridgehead atoms. The van der Waals surface area contributed by atoms with Gasteiger partial charge in [-0.1, -0.05) is 6.07 Å². The summed E-state index contributed by atoms with van der Waals surface area (Å²) in [5.74, 6) is -1.06. The summed E-state index contributed by atoms with van der Waals surface area (Å²) < 4.78 is 0. The molecule has 0 radical (unpaired) electrons. The molecule has 1 atom stereocenters. The third kappa shape index (κ3) is 1.87. The van der Waals surface area contributed by atoms with E-state index in [1.165, 1.54) is 0 Å². The second-order valence-corrected chi connectivity index (χ2v) is 3.32. The number of hydrogen-bond acceptors (Lipinski definition) is 2. The van der Waals surface area contributed by atoms with Gasteiger partial charge in [0.25, 0.3) is 0 Å². The lowest BCUT2D eigenvalue weighted by Crippen LogP contribution is -2.18. The third-order valence-electron chi connectivity index (χ3n) is 2.51. The molecule has 14 heavy (non-hydrogen) atoms. The van der Waals surface area contributed by atoms with Crippen molar-refractivity contribution in [3.63, 3.8) is 0 Å². The van der Waals surface area contributed by atoms with Crippen molar-refractivity contribution in [2.75, 3.05) is 0 Å². The first-order valence-electron chi connectivity index (χ1n) is 4.45. The lowest BCUT2D eigenvalue weighted by atomic mass is 9.86. The molecule has 0 amide bonds. The van der Waals surface area contributed by atoms with Crippen molar-refractivity contribution in [3.05, 3.63) is 29.6 Å². The zero-order chi connectivity index (χ0) is 9.26. The number of rotatable bonds is 1. The molecule has 4 heteroatoms. The van der Waals surface area contributed by atoms with E-state index in [-0.39, 0.29) is 18.3 Å². The molecule has 1 heterocycles. The van der Waals surface area contributed by atoms with E-state index in [9.17, 15) is 4.79 Å². The van der Waals surface area contributed by atoms with Crippen LogP contribution in [0, 0.1) is 0 Å². The molecule has 2 rings (SSSR count). The fourth-order valence-corrected chi connectivity index (χ4v) is 1.86. The van der Waals surface area contributed by atoms with Gasteiger partial charge < -0.3 is 5.11 Å². The average Bonchev–Trinajstić information content (AvgIpc) is 2.17. The SMILES string of the molecule is Cl.O=C(O)C1CCCc2ncccc21. The minimum Gasteiger partial charge on any atom is -0.481 e. The van der Waals surface area contributed by atoms with Crippen LogP contribution in [0.5, 0.6) is 0 Å². The average molecular weight is 214 g/mol. The van der Waals surface area contributed by atoms with Gasteiger partial charge >= 0.3 is 5.97 Å². The Bertz CT molecular complexity index is 341. The van der Waals surface area contributed by atoms with Crippen molar-refractivity contribution in [1.29, 1.82) is 0 Å². The fraction of sp³-hybridized carbons (Fsp3) is 0.400. The number of carbonyl (C=O) groups is 1. The lowest BCUT2D eigenvalue weighted by molar-refractivity contribution is -0.139. The third-order valence-corrected chi connectivity index (χ3v) is 2.51. The van der Waals surface area contributed by atoms with Gasteiger partial charge in [0, 0.05) is 11.9 Å². The maximum absolute atomic E-state index is 10.9. The molecule has 0 aromatic carbocycles. The van der Waals surface area contributed by atoms with Gasteiger partial charge in [0.15, 0.2) is 0 Å². The van der Waals surface area contributed by atoms with E-state index >= 15 is 0 Å². The van der Waals surface area contributed by atoms with E-state index in [1.807, 2.05) is 6.07 Å². The molecule has 1 aliphatic carbocycles. The number of nitrogens with zero attached hydrogens (tertiary/aromatic N) is 1. The number of carboxylic acids is 1. The topological polar surface area (TPSA) is 50.2 Å². The van der Waals surface area contributed by atoms with E-state index in [0.717, 1.165) is 30.5 Å². The number of carboxylic acid groups (broad SMARTS) is 1. The Balaban J connectivity index is 0.000000980. The summed E-state index contributed by atoms with van der Waals surface area (Å²) in [6, 6.07) is 3.68. The molecule has 1 aromatic heterocycles. The summed E-state index contributed by atoms with van der Waals surface area (Å²) in [6.45, 7) is 0. The molecule has 0 aliphatic heterocycles. The first-order chi connectivity index (χ1) is 6.29. The quantitative estimate of drug-likeness (QED) is 0.777. The summed E-state index contributed by atoms with van der Waals surface area (Å²) >= 11 is 0. The van der Waals surface area contributed by atoms with Crippen molar-refractivity contribution in [1.82, 2.24) is 4.98 Å². The van der Waals surface area contributed by atoms with Crippen LogP contribution < -0.4 is 0 Å². The fourth-order valence-electron chi connectivity index (χ4n) is 1.86. The van der Waals surface area contributed by atoms with Crippen LogP contribution in [0.3, 0.4) is 0 Å². The Morgan fingerprint density at radius 2 is 2.36 bits per heavy atom. The maximum Gasteiger partial charge on any atom is 0.311 e. The van der Waals surface area contributed by atoms with E-state index in [1.54, 1.807) is 12.3 Å². The van der Waals surface area contributed by atoms with Crippen molar-refractivity contribution < 1.29 is 9.90 Å². The van der Waals surface area contributed by atoms with E-state index < -0.39 is 5.97 Å². The predicted octanol–water partition coefficient (Wildman–Crippen LogP) is 2.01. The number of aromatic nitrogens is 1. The van der Waals surface area contributed by atoms with Gasteiger partial charge in [-0.3, -0.25) is 9.78 Å². The highest BCUT2D eigenvalue weighted by Gasteiger charge is 2.26. The zero-order valence-corrected chi connectivity index (χ0v) is 8.46. The summed E-state index contributed by atoms with van der Waals surface area (Å²) in [6.07, 6.45) is 4.32. The second-order valence-electron chi connectivity index (χ2n) is 3.32. The molecule has 1 aliphatic rings. The van der Waals surface area contributed by atoms with E-state index in [2.05, 4.69) is 4.98 Å². The Hall–Kier alpha value is -1.09. The molecular formula is C10H12ClNO2. The second kappa shape index (κ2) is 4.42. The van der Waals surface area contributed by atoms with Gasteiger partial charge in [0.2, 0.25) is 0 Å². The van der Waals surface area contributed by atoms with Crippen LogP contribution in [-0.2, 0) is 11.2 Å². The number of aryl methyl sites for hydroxylation is 1. The van der Waals surface area contributed by atoms with E-state index in [4.69, 9.17) is 5.11 Å². The summed E-state index contributed by atoms with van der Waals surface area (Å²) in [4.78, 5) is 15.1. The van der Waals surface area contributed by atoms with Crippen molar-refractivity contribution in [2.45, 2.75) is 25.2 Å². The highest BCUT2D eigenvalue weighted by Crippen LogP contribution is 2.29. The Morgan fingerprint density at radius 1 is 1.57 bits per heavy atom. The summed E-state index contributed by atoms with van der Waals surface area (Å²) in [5, 5.41) is 8.96. The van der Waals surface area contributed by atoms with Gasteiger partial charge in [0.05, 0.1) is 5.92 Å². The molecule has 0 spiro atoms. The molecule has 0 saturated heterocycles. The highest BCUT2D eigenvalue weighted by atomic mass is 35.5. The minimum atomic E-state index is -0.728. The summed E-state index contributed by atoms with van der Waals surface area (Å²) in [7, 11) is 0. The Labute approximate surface area is 88.6 Å². The van der Waals surface area contributed by atoms with Crippen LogP contribution in [-0.4, -0.2) is 16.1 Å². The van der Waals surface area contributed by atoms with Gasteiger partial charge in [-0.25, -0.2) is 0 Å². The first-order valence-corrected chi connectivity index (χ1v) is 4.45. The van der Waals surface area contributed by atoms with Crippen LogP contribution in [0.25, 0.3) is 0 Å². The van der Waals surface area contributed by atoms with Gasteiger partial charge in [-0.05, 0) is 30.9 Å². The predicted molar refractivity (Wildman–Crippen MR) is 54.8 cm³/mol. The molecule has 1 N–H and O–H groups in total. The molecular weight excluding hydrogens is 202 g/mol. The normalized spacial score (nSPS) is 19.3. The Morgan fingerprint density at radius 3 is 3.07 bits per heavy atom. The van der Waals surface area contributed by atoms with Crippen LogP contribution >= 0.6 is 12.4 Å². The molecule has 0 saturated carbocycles. The van der Waals surface area contributed by atoms with E-state index in [0.29, 0.717) is 0 Å². The minimum absolute atomic E-state index is 0. The van der Waals surface area contributed by atoms with Crippen LogP contribution in [0.1, 0.15) is 30.0 Å². The number of fused-ring (bicyclic) bond motifs is 1. The van der Waals surface area contributed by atoms with Gasteiger partial charge in [-0.15, -0.1) is 12.4 Å². The largest absolute Gasteiger partial charge is 0.481 e. The van der Waals surface area contributed by atoms with Crippen molar-refractivity contribution in [3.8, 4) is 0 Å². The number of hydrogen-bond donors (Lipinski definition) is 1. The van der Waals surface area contributed by atoms with Crippen LogP contribution in [0.4, 0.5) is 0 Å². The van der Waals surface area contributed by atoms with Crippen molar-refractivity contribution >= 4 is 18.4 Å². The van der Waals surface area contributed by atoms with Crippen LogP contribution in [0.15, 0.2) is 18.3 Å². The first kappa shape index (κ1) is 11.0. The number of aliphatic carboxylic acids is 1. The summed E-state index contributed by atoms with van der Waals surface area (Å²) in [5.41, 5.74) is 1.86. The molecule has 76 valence electrons. The Kier molecular flexibility index (Phi) is 3.47. The highest BCUT2D eigenvalue weighted by molar-refractivity contribution is 5.85. The maximum atomic E-state index is 10.9. The molecule has 1 unspecified atom stereocenters. The van der Waals surface area contributed by atoms with Gasteiger partial charge in [-0.2, -0.15) is 0 Å². The number of halogens is 1. The van der Waals surface area contributed by atoms with Crippen LogP contribution in [0.2, 0.25) is 0 Å². The molecule has 1 aromatic rings. The lowest BCUT2D eigenvalue weighted by Gasteiger charge is -2.20.